The predicted molar refractivity (Wildman–Crippen MR) is 116 cm³/mol. The van der Waals surface area contributed by atoms with Gasteiger partial charge in [0.05, 0.1) is 13.0 Å². The third-order valence-corrected chi connectivity index (χ3v) is 4.72. The molecule has 1 aromatic carbocycles. The number of nitrogens with zero attached hydrogens (tertiary/aromatic N) is 2. The molecule has 0 unspecified atom stereocenters. The van der Waals surface area contributed by atoms with Crippen LogP contribution in [0.5, 0.6) is 0 Å². The number of anilines is 1. The third-order valence-electron chi connectivity index (χ3n) is 4.52. The molecule has 1 aliphatic heterocycles. The third kappa shape index (κ3) is 8.05. The van der Waals surface area contributed by atoms with Crippen molar-refractivity contribution in [1.82, 2.24) is 15.1 Å². The zero-order valence-electron chi connectivity index (χ0n) is 17.3. The fourth-order valence-corrected chi connectivity index (χ4v) is 3.03. The van der Waals surface area contributed by atoms with Crippen molar-refractivity contribution in [1.29, 1.82) is 0 Å². The van der Waals surface area contributed by atoms with E-state index >= 15 is 0 Å². The normalized spacial score (nSPS) is 14.1. The van der Waals surface area contributed by atoms with Crippen LogP contribution in [0.2, 0.25) is 0 Å². The minimum atomic E-state index is -0.476. The molecular formula is C20H28N4O5S. The molecule has 0 bridgehead atoms. The molecular weight excluding hydrogens is 408 g/mol. The van der Waals surface area contributed by atoms with Crippen molar-refractivity contribution >= 4 is 40.8 Å². The topological polar surface area (TPSA) is 100 Å². The van der Waals surface area contributed by atoms with Crippen molar-refractivity contribution in [3.05, 3.63) is 29.8 Å². The summed E-state index contributed by atoms with van der Waals surface area (Å²) in [5.74, 6) is -0.911. The largest absolute Gasteiger partial charge is 0.463 e. The van der Waals surface area contributed by atoms with Gasteiger partial charge in [-0.15, -0.1) is 0 Å². The molecule has 30 heavy (non-hydrogen) atoms. The van der Waals surface area contributed by atoms with Crippen LogP contribution in [0.1, 0.15) is 23.2 Å². The Hall–Kier alpha value is -2.56. The summed E-state index contributed by atoms with van der Waals surface area (Å²) in [6, 6.07) is 6.97. The Bertz CT molecular complexity index is 765. The van der Waals surface area contributed by atoms with Crippen LogP contribution in [0.3, 0.4) is 0 Å². The van der Waals surface area contributed by atoms with Crippen LogP contribution >= 0.6 is 12.2 Å². The summed E-state index contributed by atoms with van der Waals surface area (Å²) in [6.07, 6.45) is -0.0945. The number of amides is 2. The minimum absolute atomic E-state index is 0.0336. The van der Waals surface area contributed by atoms with E-state index in [9.17, 15) is 14.4 Å². The number of hydrogen-bond donors (Lipinski definition) is 2. The molecule has 0 saturated carbocycles. The second-order valence-electron chi connectivity index (χ2n) is 6.89. The summed E-state index contributed by atoms with van der Waals surface area (Å²) >= 11 is 5.15. The van der Waals surface area contributed by atoms with Crippen molar-refractivity contribution in [3.63, 3.8) is 0 Å². The van der Waals surface area contributed by atoms with E-state index in [0.29, 0.717) is 30.9 Å². The second kappa shape index (κ2) is 12.2. The van der Waals surface area contributed by atoms with Crippen LogP contribution in [0.25, 0.3) is 0 Å². The van der Waals surface area contributed by atoms with E-state index in [1.165, 1.54) is 7.11 Å². The number of esters is 1. The number of likely N-dealkylation sites (N-methyl/N-ethyl adjacent to an activating group) is 1. The maximum absolute atomic E-state index is 12.7. The standard InChI is InChI=1S/C20H28N4O5S/c1-23-8-10-24(11-9-23)19(27)15-4-3-5-16(14-15)21-20(30)22-17(25)6-7-18(26)29-13-12-28-2/h3-5,14H,6-13H2,1-2H3,(H2,21,22,25,30). The van der Waals surface area contributed by atoms with Gasteiger partial charge in [0.2, 0.25) is 5.91 Å². The lowest BCUT2D eigenvalue weighted by Gasteiger charge is -2.32. The zero-order valence-corrected chi connectivity index (χ0v) is 18.1. The average Bonchev–Trinajstić information content (AvgIpc) is 2.72. The van der Waals surface area contributed by atoms with Gasteiger partial charge in [-0.1, -0.05) is 6.07 Å². The molecule has 1 heterocycles. The number of benzene rings is 1. The molecule has 2 rings (SSSR count). The number of carbonyl (C=O) groups excluding carboxylic acids is 3. The van der Waals surface area contributed by atoms with Crippen molar-refractivity contribution in [3.8, 4) is 0 Å². The summed E-state index contributed by atoms with van der Waals surface area (Å²) in [5, 5.41) is 5.51. The Balaban J connectivity index is 1.79. The van der Waals surface area contributed by atoms with Gasteiger partial charge in [-0.3, -0.25) is 14.4 Å². The zero-order chi connectivity index (χ0) is 21.9. The fourth-order valence-electron chi connectivity index (χ4n) is 2.80. The first-order valence-electron chi connectivity index (χ1n) is 9.72. The first kappa shape index (κ1) is 23.7. The summed E-state index contributed by atoms with van der Waals surface area (Å²) < 4.78 is 9.68. The first-order valence-corrected chi connectivity index (χ1v) is 10.1. The number of methoxy groups -OCH3 is 1. The number of ether oxygens (including phenoxy) is 2. The number of thiocarbonyl (C=S) groups is 1. The van der Waals surface area contributed by atoms with E-state index in [1.54, 1.807) is 24.3 Å². The van der Waals surface area contributed by atoms with E-state index in [4.69, 9.17) is 21.7 Å². The monoisotopic (exact) mass is 436 g/mol. The van der Waals surface area contributed by atoms with Crippen LogP contribution in [0.4, 0.5) is 5.69 Å². The van der Waals surface area contributed by atoms with E-state index in [-0.39, 0.29) is 30.5 Å². The molecule has 1 saturated heterocycles. The van der Waals surface area contributed by atoms with Crippen LogP contribution in [-0.2, 0) is 19.1 Å². The van der Waals surface area contributed by atoms with Crippen LogP contribution in [0.15, 0.2) is 24.3 Å². The molecule has 2 amide bonds. The summed E-state index contributed by atoms with van der Waals surface area (Å²) in [5.41, 5.74) is 1.15. The van der Waals surface area contributed by atoms with Gasteiger partial charge in [0.15, 0.2) is 5.11 Å². The smallest absolute Gasteiger partial charge is 0.306 e. The lowest BCUT2D eigenvalue weighted by molar-refractivity contribution is -0.146. The Morgan fingerprint density at radius 2 is 1.83 bits per heavy atom. The second-order valence-corrected chi connectivity index (χ2v) is 7.30. The highest BCUT2D eigenvalue weighted by Gasteiger charge is 2.20. The van der Waals surface area contributed by atoms with Crippen LogP contribution < -0.4 is 10.6 Å². The number of nitrogens with one attached hydrogen (secondary N) is 2. The summed E-state index contributed by atoms with van der Waals surface area (Å²) in [7, 11) is 3.54. The summed E-state index contributed by atoms with van der Waals surface area (Å²) in [6.45, 7) is 3.53. The molecule has 9 nitrogen and oxygen atoms in total. The Morgan fingerprint density at radius 3 is 2.53 bits per heavy atom. The van der Waals surface area contributed by atoms with E-state index in [1.807, 2.05) is 11.9 Å². The average molecular weight is 437 g/mol. The maximum Gasteiger partial charge on any atom is 0.306 e. The SMILES string of the molecule is COCCOC(=O)CCC(=O)NC(=S)Nc1cccc(C(=O)N2CCN(C)CC2)c1. The quantitative estimate of drug-likeness (QED) is 0.352. The maximum atomic E-state index is 12.7. The highest BCUT2D eigenvalue weighted by atomic mass is 32.1. The van der Waals surface area contributed by atoms with E-state index in [2.05, 4.69) is 15.5 Å². The van der Waals surface area contributed by atoms with Crippen molar-refractivity contribution in [2.45, 2.75) is 12.8 Å². The molecule has 1 aliphatic rings. The molecule has 1 aromatic rings. The molecule has 0 atom stereocenters. The van der Waals surface area contributed by atoms with Gasteiger partial charge < -0.3 is 29.9 Å². The van der Waals surface area contributed by atoms with Gasteiger partial charge in [0.25, 0.3) is 5.91 Å². The van der Waals surface area contributed by atoms with E-state index < -0.39 is 11.9 Å². The van der Waals surface area contributed by atoms with Gasteiger partial charge in [0.1, 0.15) is 6.61 Å². The molecule has 10 heteroatoms. The van der Waals surface area contributed by atoms with Crippen LogP contribution in [-0.4, -0.2) is 86.2 Å². The van der Waals surface area contributed by atoms with Gasteiger partial charge in [-0.25, -0.2) is 0 Å². The number of hydrogen-bond acceptors (Lipinski definition) is 7. The highest BCUT2D eigenvalue weighted by molar-refractivity contribution is 7.80. The molecule has 164 valence electrons. The Labute approximate surface area is 181 Å². The number of rotatable bonds is 8. The first-order chi connectivity index (χ1) is 14.4. The minimum Gasteiger partial charge on any atom is -0.463 e. The number of carbonyl (C=O) groups is 3. The number of piperazine rings is 1. The Kier molecular flexibility index (Phi) is 9.65. The molecule has 0 aromatic heterocycles. The van der Waals surface area contributed by atoms with Gasteiger partial charge in [-0.05, 0) is 37.5 Å². The Morgan fingerprint density at radius 1 is 1.10 bits per heavy atom. The van der Waals surface area contributed by atoms with Crippen molar-refractivity contribution < 1.29 is 23.9 Å². The molecule has 0 aliphatic carbocycles. The van der Waals surface area contributed by atoms with E-state index in [0.717, 1.165) is 13.1 Å². The lowest BCUT2D eigenvalue weighted by atomic mass is 10.1. The summed E-state index contributed by atoms with van der Waals surface area (Å²) in [4.78, 5) is 40.2. The van der Waals surface area contributed by atoms with Crippen LogP contribution in [0, 0.1) is 0 Å². The van der Waals surface area contributed by atoms with Gasteiger partial charge in [-0.2, -0.15) is 0 Å². The van der Waals surface area contributed by atoms with Gasteiger partial charge in [0, 0.05) is 51.0 Å². The highest BCUT2D eigenvalue weighted by Crippen LogP contribution is 2.14. The van der Waals surface area contributed by atoms with Crippen molar-refractivity contribution in [2.24, 2.45) is 0 Å². The molecule has 0 radical (unpaired) electrons. The molecule has 1 fully saturated rings. The lowest BCUT2D eigenvalue weighted by Crippen LogP contribution is -2.47. The molecule has 2 N–H and O–H groups in total. The predicted octanol–water partition coefficient (Wildman–Crippen LogP) is 0.857. The molecule has 0 spiro atoms. The fraction of sp³-hybridized carbons (Fsp3) is 0.500. The van der Waals surface area contributed by atoms with Crippen molar-refractivity contribution in [2.75, 3.05) is 58.9 Å². The van der Waals surface area contributed by atoms with Gasteiger partial charge >= 0.3 is 5.97 Å².